The number of carboxylic acids is 2. The highest BCUT2D eigenvalue weighted by atomic mass is 19.1. The molecule has 36 heavy (non-hydrogen) atoms. The molecular formula is C23H22FN5O7. The average molecular weight is 499 g/mol. The lowest BCUT2D eigenvalue weighted by atomic mass is 10.0. The van der Waals surface area contributed by atoms with E-state index in [1.54, 1.807) is 6.92 Å². The molecule has 0 aromatic heterocycles. The number of anilines is 1. The van der Waals surface area contributed by atoms with E-state index in [-0.39, 0.29) is 46.9 Å². The first-order valence-electron chi connectivity index (χ1n) is 10.2. The number of methoxy groups -OCH3 is 1. The fourth-order valence-corrected chi connectivity index (χ4v) is 3.02. The number of hydrogen-bond donors (Lipinski definition) is 5. The van der Waals surface area contributed by atoms with E-state index in [0.29, 0.717) is 5.56 Å². The van der Waals surface area contributed by atoms with Gasteiger partial charge in [0.1, 0.15) is 11.5 Å². The summed E-state index contributed by atoms with van der Waals surface area (Å²) in [5.41, 5.74) is 5.93. The monoisotopic (exact) mass is 499 g/mol. The number of benzene rings is 2. The summed E-state index contributed by atoms with van der Waals surface area (Å²) in [7, 11) is 1.28. The second-order valence-corrected chi connectivity index (χ2v) is 7.11. The molecule has 2 aromatic carbocycles. The van der Waals surface area contributed by atoms with Crippen LogP contribution in [-0.2, 0) is 11.2 Å². The van der Waals surface area contributed by atoms with Crippen LogP contribution in [0, 0.1) is 23.7 Å². The Bertz CT molecular complexity index is 1270. The first-order valence-corrected chi connectivity index (χ1v) is 10.2. The Hall–Kier alpha value is -4.94. The van der Waals surface area contributed by atoms with Gasteiger partial charge in [0, 0.05) is 18.6 Å². The largest absolute Gasteiger partial charge is 0.493 e. The molecule has 0 radical (unpaired) electrons. The van der Waals surface area contributed by atoms with E-state index in [2.05, 4.69) is 15.6 Å². The fourth-order valence-electron chi connectivity index (χ4n) is 3.02. The SMILES string of the molecule is COc1cc(C(=O)O)c(NC(=O)C(=N)/C=C\C=N\N=N)cc1OCCc1cc(C)c(C(=O)O)cc1F. The summed E-state index contributed by atoms with van der Waals surface area (Å²) in [6.45, 7) is 1.46. The number of halogens is 1. The van der Waals surface area contributed by atoms with Crippen LogP contribution >= 0.6 is 0 Å². The summed E-state index contributed by atoms with van der Waals surface area (Å²) in [5, 5.41) is 34.7. The number of aryl methyl sites for hydroxylation is 1. The fraction of sp³-hybridized carbons (Fsp3) is 0.174. The Morgan fingerprint density at radius 1 is 1.11 bits per heavy atom. The minimum Gasteiger partial charge on any atom is -0.493 e. The Balaban J connectivity index is 2.25. The predicted octanol–water partition coefficient (Wildman–Crippen LogP) is 3.69. The first-order chi connectivity index (χ1) is 17.1. The van der Waals surface area contributed by atoms with Gasteiger partial charge in [-0.05, 0) is 36.3 Å². The predicted molar refractivity (Wildman–Crippen MR) is 126 cm³/mol. The smallest absolute Gasteiger partial charge is 0.337 e. The van der Waals surface area contributed by atoms with Gasteiger partial charge in [0.05, 0.1) is 36.7 Å². The van der Waals surface area contributed by atoms with E-state index in [1.165, 1.54) is 25.3 Å². The van der Waals surface area contributed by atoms with Gasteiger partial charge >= 0.3 is 11.9 Å². The van der Waals surface area contributed by atoms with Crippen LogP contribution in [0.25, 0.3) is 0 Å². The van der Waals surface area contributed by atoms with Crippen LogP contribution < -0.4 is 14.8 Å². The number of nitrogens with zero attached hydrogens (tertiary/aromatic N) is 2. The lowest BCUT2D eigenvalue weighted by Crippen LogP contribution is -2.22. The van der Waals surface area contributed by atoms with Gasteiger partial charge in [-0.1, -0.05) is 11.3 Å². The zero-order valence-electron chi connectivity index (χ0n) is 19.2. The molecule has 12 nitrogen and oxygen atoms in total. The van der Waals surface area contributed by atoms with Crippen molar-refractivity contribution in [1.29, 1.82) is 10.9 Å². The van der Waals surface area contributed by atoms with E-state index < -0.39 is 29.4 Å². The summed E-state index contributed by atoms with van der Waals surface area (Å²) in [6, 6.07) is 4.66. The molecule has 0 saturated carbocycles. The molecule has 0 fully saturated rings. The Kier molecular flexibility index (Phi) is 9.48. The van der Waals surface area contributed by atoms with E-state index in [4.69, 9.17) is 25.5 Å². The van der Waals surface area contributed by atoms with Crippen LogP contribution in [0.2, 0.25) is 0 Å². The number of amides is 1. The zero-order valence-corrected chi connectivity index (χ0v) is 19.2. The maximum absolute atomic E-state index is 14.3. The molecule has 13 heteroatoms. The van der Waals surface area contributed by atoms with Crippen LogP contribution in [0.4, 0.5) is 10.1 Å². The zero-order chi connectivity index (χ0) is 26.8. The summed E-state index contributed by atoms with van der Waals surface area (Å²) < 4.78 is 25.1. The van der Waals surface area contributed by atoms with Crippen LogP contribution in [-0.4, -0.2) is 53.7 Å². The number of allylic oxidation sites excluding steroid dienone is 1. The molecule has 188 valence electrons. The topological polar surface area (TPSA) is 195 Å². The Labute approximate surface area is 204 Å². The molecule has 0 aliphatic rings. The third-order valence-corrected chi connectivity index (χ3v) is 4.75. The van der Waals surface area contributed by atoms with Crippen LogP contribution in [0.1, 0.15) is 31.8 Å². The maximum atomic E-state index is 14.3. The molecule has 2 aromatic rings. The van der Waals surface area contributed by atoms with Crippen molar-refractivity contribution in [3.05, 3.63) is 64.5 Å². The van der Waals surface area contributed by atoms with E-state index in [9.17, 15) is 23.9 Å². The van der Waals surface area contributed by atoms with Gasteiger partial charge in [-0.3, -0.25) is 10.2 Å². The van der Waals surface area contributed by atoms with Crippen molar-refractivity contribution < 1.29 is 38.5 Å². The summed E-state index contributed by atoms with van der Waals surface area (Å²) >= 11 is 0. The molecule has 0 aliphatic carbocycles. The van der Waals surface area contributed by atoms with Crippen molar-refractivity contribution >= 4 is 35.5 Å². The van der Waals surface area contributed by atoms with Gasteiger partial charge in [0.15, 0.2) is 11.5 Å². The number of carboxylic acid groups (broad SMARTS) is 2. The Morgan fingerprint density at radius 3 is 2.42 bits per heavy atom. The molecule has 5 N–H and O–H groups in total. The van der Waals surface area contributed by atoms with Crippen LogP contribution in [0.15, 0.2) is 46.7 Å². The average Bonchev–Trinajstić information content (AvgIpc) is 2.83. The van der Waals surface area contributed by atoms with Crippen molar-refractivity contribution in [2.24, 2.45) is 10.3 Å². The molecule has 2 rings (SSSR count). The van der Waals surface area contributed by atoms with Gasteiger partial charge in [-0.2, -0.15) is 5.53 Å². The van der Waals surface area contributed by atoms with E-state index in [1.807, 2.05) is 0 Å². The van der Waals surface area contributed by atoms with Crippen molar-refractivity contribution in [2.45, 2.75) is 13.3 Å². The van der Waals surface area contributed by atoms with Crippen molar-refractivity contribution in [2.75, 3.05) is 19.0 Å². The maximum Gasteiger partial charge on any atom is 0.337 e. The molecule has 0 atom stereocenters. The second-order valence-electron chi connectivity index (χ2n) is 7.11. The number of rotatable bonds is 12. The highest BCUT2D eigenvalue weighted by Crippen LogP contribution is 2.34. The molecule has 0 bridgehead atoms. The normalized spacial score (nSPS) is 10.9. The summed E-state index contributed by atoms with van der Waals surface area (Å²) in [5.74, 6) is -4.19. The molecule has 0 aliphatic heterocycles. The summed E-state index contributed by atoms with van der Waals surface area (Å²) in [6.07, 6.45) is 3.40. The molecule has 0 spiro atoms. The van der Waals surface area contributed by atoms with Gasteiger partial charge in [0.25, 0.3) is 5.91 Å². The number of carbonyl (C=O) groups is 3. The molecule has 1 amide bonds. The lowest BCUT2D eigenvalue weighted by molar-refractivity contribution is -0.110. The highest BCUT2D eigenvalue weighted by Gasteiger charge is 2.20. The number of ether oxygens (including phenoxy) is 2. The Morgan fingerprint density at radius 2 is 1.81 bits per heavy atom. The third kappa shape index (κ3) is 7.03. The number of hydrogen-bond acceptors (Lipinski definition) is 8. The highest BCUT2D eigenvalue weighted by molar-refractivity contribution is 6.46. The standard InChI is InChI=1S/C23H22FN5O7/c1-12-8-13(16(24)9-14(12)22(31)32)5-7-36-20-11-18(15(23(33)34)10-19(20)35-2)28-21(30)17(25)4-3-6-27-29-26/h3-4,6,8-11,25-26H,5,7H2,1-2H3,(H,28,30)(H,31,32)(H,33,34)/b4-3-,25-17?,27-6+,29-26?. The number of aromatic carboxylic acids is 2. The molecule has 0 unspecified atom stereocenters. The van der Waals surface area contributed by atoms with Crippen molar-refractivity contribution in [1.82, 2.24) is 0 Å². The number of carbonyl (C=O) groups excluding carboxylic acids is 1. The van der Waals surface area contributed by atoms with E-state index in [0.717, 1.165) is 24.4 Å². The quantitative estimate of drug-likeness (QED) is 0.167. The summed E-state index contributed by atoms with van der Waals surface area (Å²) in [4.78, 5) is 35.2. The second kappa shape index (κ2) is 12.5. The lowest BCUT2D eigenvalue weighted by Gasteiger charge is -2.15. The molecule has 0 heterocycles. The minimum atomic E-state index is -1.38. The number of nitrogens with one attached hydrogen (secondary N) is 3. The van der Waals surface area contributed by atoms with E-state index >= 15 is 0 Å². The van der Waals surface area contributed by atoms with Crippen molar-refractivity contribution in [3.63, 3.8) is 0 Å². The molecular weight excluding hydrogens is 477 g/mol. The first kappa shape index (κ1) is 27.3. The van der Waals surface area contributed by atoms with Gasteiger partial charge in [0.2, 0.25) is 0 Å². The third-order valence-electron chi connectivity index (χ3n) is 4.75. The minimum absolute atomic E-state index is 0.0357. The molecule has 0 saturated heterocycles. The van der Waals surface area contributed by atoms with Gasteiger partial charge < -0.3 is 25.0 Å². The van der Waals surface area contributed by atoms with Gasteiger partial charge in [-0.25, -0.2) is 14.0 Å². The van der Waals surface area contributed by atoms with Crippen LogP contribution in [0.5, 0.6) is 11.5 Å². The van der Waals surface area contributed by atoms with Gasteiger partial charge in [-0.15, -0.1) is 5.10 Å². The van der Waals surface area contributed by atoms with Crippen molar-refractivity contribution in [3.8, 4) is 11.5 Å². The van der Waals surface area contributed by atoms with Crippen LogP contribution in [0.3, 0.4) is 0 Å².